The SMILES string of the molecule is COc1cc(C(=O)Nc2nc(-c3ccccn3)c(C#N)s2)cc(C(F)(F)F)c1. The van der Waals surface area contributed by atoms with E-state index in [2.05, 4.69) is 15.3 Å². The number of hydrogen-bond donors (Lipinski definition) is 1. The van der Waals surface area contributed by atoms with Gasteiger partial charge in [0.25, 0.3) is 5.91 Å². The van der Waals surface area contributed by atoms with Gasteiger partial charge in [0.2, 0.25) is 0 Å². The molecule has 0 atom stereocenters. The molecule has 0 aliphatic carbocycles. The first-order valence-corrected chi connectivity index (χ1v) is 8.53. The number of carbonyl (C=O) groups is 1. The van der Waals surface area contributed by atoms with Gasteiger partial charge in [0.05, 0.1) is 18.4 Å². The molecule has 1 N–H and O–H groups in total. The average Bonchev–Trinajstić information content (AvgIpc) is 3.10. The highest BCUT2D eigenvalue weighted by Crippen LogP contribution is 2.33. The van der Waals surface area contributed by atoms with Crippen LogP contribution in [0.5, 0.6) is 5.75 Å². The largest absolute Gasteiger partial charge is 0.497 e. The van der Waals surface area contributed by atoms with E-state index >= 15 is 0 Å². The predicted octanol–water partition coefficient (Wildman–Crippen LogP) is 4.36. The van der Waals surface area contributed by atoms with E-state index in [4.69, 9.17) is 4.74 Å². The number of carbonyl (C=O) groups excluding carboxylic acids is 1. The molecule has 0 radical (unpaired) electrons. The highest BCUT2D eigenvalue weighted by molar-refractivity contribution is 7.16. The van der Waals surface area contributed by atoms with Crippen molar-refractivity contribution >= 4 is 22.4 Å². The quantitative estimate of drug-likeness (QED) is 0.698. The third-order valence-corrected chi connectivity index (χ3v) is 4.46. The van der Waals surface area contributed by atoms with Crippen LogP contribution in [0.4, 0.5) is 18.3 Å². The van der Waals surface area contributed by atoms with Crippen LogP contribution < -0.4 is 10.1 Å². The number of methoxy groups -OCH3 is 1. The van der Waals surface area contributed by atoms with Crippen molar-refractivity contribution in [3.63, 3.8) is 0 Å². The third-order valence-electron chi connectivity index (χ3n) is 3.59. The first-order valence-electron chi connectivity index (χ1n) is 7.72. The molecule has 28 heavy (non-hydrogen) atoms. The van der Waals surface area contributed by atoms with Gasteiger partial charge in [-0.15, -0.1) is 0 Å². The zero-order chi connectivity index (χ0) is 20.3. The summed E-state index contributed by atoms with van der Waals surface area (Å²) in [4.78, 5) is 20.9. The fraction of sp³-hybridized carbons (Fsp3) is 0.111. The monoisotopic (exact) mass is 404 g/mol. The minimum Gasteiger partial charge on any atom is -0.497 e. The van der Waals surface area contributed by atoms with Crippen LogP contribution >= 0.6 is 11.3 Å². The maximum absolute atomic E-state index is 13.0. The van der Waals surface area contributed by atoms with Crippen molar-refractivity contribution in [1.29, 1.82) is 5.26 Å². The topological polar surface area (TPSA) is 87.9 Å². The minimum absolute atomic E-state index is 0.0681. The number of benzene rings is 1. The number of anilines is 1. The van der Waals surface area contributed by atoms with E-state index in [-0.39, 0.29) is 27.0 Å². The molecule has 0 spiro atoms. The molecule has 0 unspecified atom stereocenters. The number of amides is 1. The molecule has 0 aliphatic rings. The lowest BCUT2D eigenvalue weighted by molar-refractivity contribution is -0.137. The van der Waals surface area contributed by atoms with Gasteiger partial charge in [-0.2, -0.15) is 18.4 Å². The maximum Gasteiger partial charge on any atom is 0.416 e. The molecule has 1 amide bonds. The zero-order valence-corrected chi connectivity index (χ0v) is 15.1. The van der Waals surface area contributed by atoms with Crippen molar-refractivity contribution in [2.75, 3.05) is 12.4 Å². The molecule has 142 valence electrons. The van der Waals surface area contributed by atoms with E-state index in [1.165, 1.54) is 19.4 Å². The molecular formula is C18H11F3N4O2S. The number of aromatic nitrogens is 2. The zero-order valence-electron chi connectivity index (χ0n) is 14.2. The summed E-state index contributed by atoms with van der Waals surface area (Å²) in [6.45, 7) is 0. The number of nitriles is 1. The second-order valence-electron chi connectivity index (χ2n) is 5.43. The van der Waals surface area contributed by atoms with Gasteiger partial charge in [-0.25, -0.2) is 4.98 Å². The first-order chi connectivity index (χ1) is 13.3. The number of pyridine rings is 1. The van der Waals surface area contributed by atoms with E-state index in [1.54, 1.807) is 18.2 Å². The number of ether oxygens (including phenoxy) is 1. The molecule has 0 saturated carbocycles. The summed E-state index contributed by atoms with van der Waals surface area (Å²) in [7, 11) is 1.20. The van der Waals surface area contributed by atoms with Crippen molar-refractivity contribution in [2.45, 2.75) is 6.18 Å². The van der Waals surface area contributed by atoms with Gasteiger partial charge in [-0.3, -0.25) is 15.1 Å². The van der Waals surface area contributed by atoms with Crippen molar-refractivity contribution in [3.8, 4) is 23.2 Å². The summed E-state index contributed by atoms with van der Waals surface area (Å²) >= 11 is 0.899. The lowest BCUT2D eigenvalue weighted by atomic mass is 10.1. The number of nitrogens with zero attached hydrogens (tertiary/aromatic N) is 3. The van der Waals surface area contributed by atoms with Gasteiger partial charge in [-0.1, -0.05) is 17.4 Å². The van der Waals surface area contributed by atoms with E-state index < -0.39 is 17.6 Å². The number of thiazole rings is 1. The van der Waals surface area contributed by atoms with Crippen LogP contribution in [0.1, 0.15) is 20.8 Å². The molecular weight excluding hydrogens is 393 g/mol. The second-order valence-corrected chi connectivity index (χ2v) is 6.42. The molecule has 1 aromatic carbocycles. The van der Waals surface area contributed by atoms with E-state index in [0.717, 1.165) is 23.5 Å². The molecule has 6 nitrogen and oxygen atoms in total. The Labute approximate surface area is 161 Å². The molecule has 0 aliphatic heterocycles. The fourth-order valence-electron chi connectivity index (χ4n) is 2.31. The maximum atomic E-state index is 13.0. The normalized spacial score (nSPS) is 11.0. The van der Waals surface area contributed by atoms with Gasteiger partial charge in [0, 0.05) is 11.8 Å². The number of nitrogens with one attached hydrogen (secondary N) is 1. The van der Waals surface area contributed by atoms with Crippen LogP contribution in [0, 0.1) is 11.3 Å². The summed E-state index contributed by atoms with van der Waals surface area (Å²) < 4.78 is 43.9. The molecule has 0 bridgehead atoms. The third kappa shape index (κ3) is 4.10. The lowest BCUT2D eigenvalue weighted by Gasteiger charge is -2.11. The molecule has 10 heteroatoms. The summed E-state index contributed by atoms with van der Waals surface area (Å²) in [5.74, 6) is -0.916. The Hall–Kier alpha value is -3.45. The number of alkyl halides is 3. The van der Waals surface area contributed by atoms with Gasteiger partial charge < -0.3 is 4.74 Å². The molecule has 2 aromatic heterocycles. The summed E-state index contributed by atoms with van der Waals surface area (Å²) in [6.07, 6.45) is -3.10. The van der Waals surface area contributed by atoms with Crippen molar-refractivity contribution in [2.24, 2.45) is 0 Å². The van der Waals surface area contributed by atoms with Gasteiger partial charge in [0.1, 0.15) is 22.4 Å². The molecule has 0 saturated heterocycles. The standard InChI is InChI=1S/C18H11F3N4O2S/c1-27-12-7-10(6-11(8-12)18(19,20)21)16(26)25-17-24-15(14(9-22)28-17)13-4-2-3-5-23-13/h2-8H,1H3,(H,24,25,26). The van der Waals surface area contributed by atoms with Gasteiger partial charge in [-0.05, 0) is 30.3 Å². The van der Waals surface area contributed by atoms with Crippen molar-refractivity contribution in [3.05, 3.63) is 58.6 Å². The highest BCUT2D eigenvalue weighted by atomic mass is 32.1. The summed E-state index contributed by atoms with van der Waals surface area (Å²) in [6, 6.07) is 9.74. The molecule has 3 rings (SSSR count). The predicted molar refractivity (Wildman–Crippen MR) is 96.0 cm³/mol. The Kier molecular flexibility index (Phi) is 5.28. The van der Waals surface area contributed by atoms with Crippen molar-refractivity contribution < 1.29 is 22.7 Å². The summed E-state index contributed by atoms with van der Waals surface area (Å²) in [5, 5.41) is 11.8. The number of rotatable bonds is 4. The minimum atomic E-state index is -4.63. The van der Waals surface area contributed by atoms with Crippen LogP contribution in [-0.4, -0.2) is 23.0 Å². The molecule has 2 heterocycles. The Morgan fingerprint density at radius 3 is 2.68 bits per heavy atom. The van der Waals surface area contributed by atoms with E-state index in [9.17, 15) is 23.2 Å². The van der Waals surface area contributed by atoms with Crippen LogP contribution in [0.15, 0.2) is 42.6 Å². The number of halogens is 3. The van der Waals surface area contributed by atoms with Crippen LogP contribution in [0.3, 0.4) is 0 Å². The van der Waals surface area contributed by atoms with Gasteiger partial charge >= 0.3 is 6.18 Å². The number of hydrogen-bond acceptors (Lipinski definition) is 6. The van der Waals surface area contributed by atoms with Crippen LogP contribution in [0.25, 0.3) is 11.4 Å². The Morgan fingerprint density at radius 1 is 1.29 bits per heavy atom. The second kappa shape index (κ2) is 7.66. The Morgan fingerprint density at radius 2 is 2.07 bits per heavy atom. The summed E-state index contributed by atoms with van der Waals surface area (Å²) in [5.41, 5.74) is -0.538. The lowest BCUT2D eigenvalue weighted by Crippen LogP contribution is -2.14. The Balaban J connectivity index is 1.92. The smallest absolute Gasteiger partial charge is 0.416 e. The Bertz CT molecular complexity index is 1060. The van der Waals surface area contributed by atoms with Crippen LogP contribution in [-0.2, 0) is 6.18 Å². The molecule has 3 aromatic rings. The average molecular weight is 404 g/mol. The highest BCUT2D eigenvalue weighted by Gasteiger charge is 2.32. The fourth-order valence-corrected chi connectivity index (χ4v) is 3.07. The molecule has 0 fully saturated rings. The van der Waals surface area contributed by atoms with Gasteiger partial charge in [0.15, 0.2) is 5.13 Å². The van der Waals surface area contributed by atoms with E-state index in [1.807, 2.05) is 6.07 Å². The van der Waals surface area contributed by atoms with Crippen LogP contribution in [0.2, 0.25) is 0 Å². The van der Waals surface area contributed by atoms with E-state index in [0.29, 0.717) is 5.69 Å². The first kappa shape index (κ1) is 19.3. The van der Waals surface area contributed by atoms with Crippen molar-refractivity contribution in [1.82, 2.24) is 9.97 Å².